The second-order valence-corrected chi connectivity index (χ2v) is 8.42. The van der Waals surface area contributed by atoms with Gasteiger partial charge in [0.05, 0.1) is 5.56 Å². The van der Waals surface area contributed by atoms with Gasteiger partial charge in [-0.1, -0.05) is 27.2 Å². The van der Waals surface area contributed by atoms with Crippen LogP contribution in [0, 0.1) is 0 Å². The highest BCUT2D eigenvalue weighted by Crippen LogP contribution is 2.61. The highest BCUT2D eigenvalue weighted by atomic mass is 17.5. The molecule has 6 rings (SSSR count). The lowest BCUT2D eigenvalue weighted by atomic mass is 9.78. The van der Waals surface area contributed by atoms with Gasteiger partial charge >= 0.3 is 11.9 Å². The van der Waals surface area contributed by atoms with Crippen molar-refractivity contribution in [3.05, 3.63) is 62.9 Å². The summed E-state index contributed by atoms with van der Waals surface area (Å²) in [6.07, 6.45) is 1.82. The Labute approximate surface area is 189 Å². The fourth-order valence-corrected chi connectivity index (χ4v) is 5.30. The maximum atomic E-state index is 12.9. The van der Waals surface area contributed by atoms with Crippen LogP contribution >= 0.6 is 0 Å². The van der Waals surface area contributed by atoms with Crippen LogP contribution in [-0.4, -0.2) is 11.9 Å². The molecule has 0 N–H and O–H groups in total. The summed E-state index contributed by atoms with van der Waals surface area (Å²) in [7, 11) is 0. The number of hydrogen-bond donors (Lipinski definition) is 0. The fraction of sp³-hybridized carbons (Fsp3) is 0.360. The van der Waals surface area contributed by atoms with Crippen LogP contribution in [0.1, 0.15) is 84.0 Å². The van der Waals surface area contributed by atoms with Gasteiger partial charge in [0.2, 0.25) is 5.76 Å². The van der Waals surface area contributed by atoms with E-state index in [1.807, 2.05) is 6.92 Å². The van der Waals surface area contributed by atoms with Crippen molar-refractivity contribution in [3.63, 3.8) is 0 Å². The van der Waals surface area contributed by atoms with Crippen molar-refractivity contribution in [3.8, 4) is 17.2 Å². The number of rotatable bonds is 4. The first-order valence-corrected chi connectivity index (χ1v) is 11.3. The molecule has 0 spiro atoms. The first kappa shape index (κ1) is 20.3. The predicted molar refractivity (Wildman–Crippen MR) is 113 cm³/mol. The topological polar surface area (TPSA) is 89.5 Å². The zero-order valence-electron chi connectivity index (χ0n) is 18.5. The highest BCUT2D eigenvalue weighted by molar-refractivity contribution is 5.91. The molecule has 170 valence electrons. The van der Waals surface area contributed by atoms with Crippen LogP contribution in [0.2, 0.25) is 0 Å². The molecule has 0 fully saturated rings. The van der Waals surface area contributed by atoms with Crippen LogP contribution in [0.15, 0.2) is 29.5 Å². The van der Waals surface area contributed by atoms with Crippen molar-refractivity contribution in [1.82, 2.24) is 0 Å². The molecular formula is C25H22O8. The third kappa shape index (κ3) is 2.71. The molecule has 0 saturated heterocycles. The highest BCUT2D eigenvalue weighted by Gasteiger charge is 2.48. The lowest BCUT2D eigenvalue weighted by Crippen LogP contribution is -2.32. The zero-order valence-corrected chi connectivity index (χ0v) is 18.5. The van der Waals surface area contributed by atoms with Gasteiger partial charge in [0.15, 0.2) is 0 Å². The van der Waals surface area contributed by atoms with E-state index in [9.17, 15) is 9.59 Å². The second kappa shape index (κ2) is 7.33. The summed E-state index contributed by atoms with van der Waals surface area (Å²) in [5.41, 5.74) is 5.49. The minimum Gasteiger partial charge on any atom is -0.456 e. The van der Waals surface area contributed by atoms with Gasteiger partial charge in [-0.2, -0.15) is 0 Å². The largest absolute Gasteiger partial charge is 0.456 e. The number of carbonyl (C=O) groups is 2. The lowest BCUT2D eigenvalue weighted by molar-refractivity contribution is -0.452. The molecule has 0 aromatic heterocycles. The summed E-state index contributed by atoms with van der Waals surface area (Å²) in [6.45, 7) is 6.09. The molecule has 4 aliphatic heterocycles. The number of ether oxygens (including phenoxy) is 3. The Morgan fingerprint density at radius 1 is 0.848 bits per heavy atom. The molecule has 2 unspecified atom stereocenters. The quantitative estimate of drug-likeness (QED) is 0.596. The van der Waals surface area contributed by atoms with Crippen LogP contribution in [0.3, 0.4) is 0 Å². The number of carbonyl (C=O) groups excluding carboxylic acids is 2. The van der Waals surface area contributed by atoms with E-state index >= 15 is 0 Å². The molecule has 33 heavy (non-hydrogen) atoms. The van der Waals surface area contributed by atoms with Gasteiger partial charge in [-0.25, -0.2) is 9.59 Å². The minimum absolute atomic E-state index is 0.0171. The van der Waals surface area contributed by atoms with Crippen LogP contribution < -0.4 is 9.47 Å². The molecule has 7 bridgehead atoms. The van der Waals surface area contributed by atoms with E-state index in [-0.39, 0.29) is 11.3 Å². The molecule has 0 aliphatic carbocycles. The van der Waals surface area contributed by atoms with Gasteiger partial charge in [-0.3, -0.25) is 9.78 Å². The summed E-state index contributed by atoms with van der Waals surface area (Å²) >= 11 is 0. The minimum atomic E-state index is -0.897. The van der Waals surface area contributed by atoms with Gasteiger partial charge in [-0.15, -0.1) is 0 Å². The first-order valence-electron chi connectivity index (χ1n) is 11.3. The Morgan fingerprint density at radius 2 is 1.61 bits per heavy atom. The van der Waals surface area contributed by atoms with Crippen molar-refractivity contribution in [1.29, 1.82) is 0 Å². The molecule has 0 saturated carbocycles. The average Bonchev–Trinajstić information content (AvgIpc) is 2.83. The molecule has 8 heteroatoms. The second-order valence-electron chi connectivity index (χ2n) is 8.42. The molecule has 0 amide bonds. The van der Waals surface area contributed by atoms with Crippen LogP contribution in [0.4, 0.5) is 0 Å². The molecule has 0 radical (unpaired) electrons. The predicted octanol–water partition coefficient (Wildman–Crippen LogP) is 5.08. The van der Waals surface area contributed by atoms with Crippen molar-refractivity contribution < 1.29 is 38.6 Å². The standard InChI is InChI=1S/C25H22O8/c1-4-7-14-20-18-12(5-2)17-19-13(6-3)23(30-21(14)17)25(27)32-33-31-24(26)11-8-9-16(28-20)15(10-11)22(18)29-19/h8-10,19,22H,4-7H2,1-3H3. The van der Waals surface area contributed by atoms with E-state index in [1.165, 1.54) is 0 Å². The summed E-state index contributed by atoms with van der Waals surface area (Å²) in [5, 5.41) is 4.54. The van der Waals surface area contributed by atoms with Gasteiger partial charge < -0.3 is 14.2 Å². The van der Waals surface area contributed by atoms with E-state index in [4.69, 9.17) is 24.0 Å². The molecular weight excluding hydrogens is 428 g/mol. The normalized spacial score (nSPS) is 21.8. The van der Waals surface area contributed by atoms with E-state index in [2.05, 4.69) is 18.9 Å². The monoisotopic (exact) mass is 450 g/mol. The summed E-state index contributed by atoms with van der Waals surface area (Å²) in [6, 6.07) is 4.98. The van der Waals surface area contributed by atoms with E-state index < -0.39 is 24.1 Å². The Morgan fingerprint density at radius 3 is 2.36 bits per heavy atom. The van der Waals surface area contributed by atoms with E-state index in [1.54, 1.807) is 18.2 Å². The zero-order chi connectivity index (χ0) is 22.9. The SMILES string of the molecule is CCCc1c2c3c(CC)c4c1Oc1ccc5cc1C4OC3C(CC)=C(O2)C(=O)OOOC5=O. The summed E-state index contributed by atoms with van der Waals surface area (Å²) in [4.78, 5) is 34.9. The number of hydrogen-bond acceptors (Lipinski definition) is 8. The third-order valence-corrected chi connectivity index (χ3v) is 6.68. The first-order chi connectivity index (χ1) is 16.1. The molecule has 2 aromatic carbocycles. The van der Waals surface area contributed by atoms with Crippen LogP contribution in [-0.2, 0) is 37.2 Å². The van der Waals surface area contributed by atoms with Gasteiger partial charge in [-0.05, 0) is 43.0 Å². The van der Waals surface area contributed by atoms with E-state index in [0.717, 1.165) is 40.7 Å². The Kier molecular flexibility index (Phi) is 4.50. The number of fused-ring (bicyclic) bond motifs is 1. The van der Waals surface area contributed by atoms with Crippen molar-refractivity contribution in [2.75, 3.05) is 0 Å². The van der Waals surface area contributed by atoms with Crippen molar-refractivity contribution in [2.24, 2.45) is 0 Å². The number of benzene rings is 2. The smallest absolute Gasteiger partial charge is 0.412 e. The molecule has 4 aliphatic rings. The molecule has 8 nitrogen and oxygen atoms in total. The molecule has 2 atom stereocenters. The van der Waals surface area contributed by atoms with Gasteiger partial charge in [0.25, 0.3) is 0 Å². The van der Waals surface area contributed by atoms with Gasteiger partial charge in [0, 0.05) is 32.9 Å². The maximum Gasteiger partial charge on any atom is 0.412 e. The van der Waals surface area contributed by atoms with Crippen molar-refractivity contribution >= 4 is 11.9 Å². The maximum absolute atomic E-state index is 12.9. The van der Waals surface area contributed by atoms with Gasteiger partial charge in [0.1, 0.15) is 29.5 Å². The van der Waals surface area contributed by atoms with Crippen molar-refractivity contribution in [2.45, 2.75) is 58.7 Å². The fourth-order valence-electron chi connectivity index (χ4n) is 5.30. The summed E-state index contributed by atoms with van der Waals surface area (Å²) in [5.74, 6) is 0.166. The molecule has 2 aromatic rings. The molecule has 4 heterocycles. The lowest BCUT2D eigenvalue weighted by Gasteiger charge is -2.43. The van der Waals surface area contributed by atoms with E-state index in [0.29, 0.717) is 35.7 Å². The average molecular weight is 450 g/mol. The Hall–Kier alpha value is -3.36. The Balaban J connectivity index is 1.72. The van der Waals surface area contributed by atoms with Crippen LogP contribution in [0.25, 0.3) is 0 Å². The third-order valence-electron chi connectivity index (χ3n) is 6.68. The Bertz CT molecular complexity index is 1260. The van der Waals surface area contributed by atoms with Crippen LogP contribution in [0.5, 0.6) is 17.2 Å². The summed E-state index contributed by atoms with van der Waals surface area (Å²) < 4.78 is 19.4.